The number of fused-ring (bicyclic) bond motifs is 1. The molecule has 3 aliphatic rings. The van der Waals surface area contributed by atoms with Gasteiger partial charge >= 0.3 is 5.97 Å². The van der Waals surface area contributed by atoms with Gasteiger partial charge in [-0.25, -0.2) is 0 Å². The number of benzene rings is 1. The summed E-state index contributed by atoms with van der Waals surface area (Å²) in [6.07, 6.45) is 7.27. The number of nitrogens with zero attached hydrogens (tertiary/aromatic N) is 2. The fourth-order valence-electron chi connectivity index (χ4n) is 7.37. The second kappa shape index (κ2) is 15.7. The third-order valence-electron chi connectivity index (χ3n) is 9.47. The van der Waals surface area contributed by atoms with E-state index in [0.717, 1.165) is 18.4 Å². The molecule has 7 atom stereocenters. The monoisotopic (exact) mass is 623 g/mol. The van der Waals surface area contributed by atoms with E-state index in [9.17, 15) is 24.3 Å². The van der Waals surface area contributed by atoms with Crippen molar-refractivity contribution < 1.29 is 33.8 Å². The number of carbonyl (C=O) groups excluding carboxylic acids is 4. The number of hydrogen-bond donors (Lipinski definition) is 2. The number of aliphatic hydroxyl groups excluding tert-OH is 1. The van der Waals surface area contributed by atoms with E-state index in [4.69, 9.17) is 9.47 Å². The van der Waals surface area contributed by atoms with Gasteiger partial charge < -0.3 is 29.7 Å². The van der Waals surface area contributed by atoms with E-state index in [1.54, 1.807) is 22.0 Å². The molecule has 1 aromatic carbocycles. The Labute approximate surface area is 266 Å². The van der Waals surface area contributed by atoms with Crippen molar-refractivity contribution >= 4 is 23.7 Å². The van der Waals surface area contributed by atoms with Crippen molar-refractivity contribution in [2.24, 2.45) is 11.8 Å². The molecule has 3 fully saturated rings. The molecule has 1 unspecified atom stereocenters. The molecule has 0 saturated carbocycles. The molecule has 0 aliphatic carbocycles. The predicted molar refractivity (Wildman–Crippen MR) is 170 cm³/mol. The molecule has 45 heavy (non-hydrogen) atoms. The van der Waals surface area contributed by atoms with Gasteiger partial charge in [-0.1, -0.05) is 55.8 Å². The van der Waals surface area contributed by atoms with Gasteiger partial charge in [-0.3, -0.25) is 19.2 Å². The third-order valence-corrected chi connectivity index (χ3v) is 9.47. The minimum absolute atomic E-state index is 0.0199. The molecule has 10 nitrogen and oxygen atoms in total. The third kappa shape index (κ3) is 7.17. The first-order valence-electron chi connectivity index (χ1n) is 16.4. The van der Waals surface area contributed by atoms with Gasteiger partial charge in [0.05, 0.1) is 24.0 Å². The van der Waals surface area contributed by atoms with Gasteiger partial charge in [0.1, 0.15) is 18.2 Å². The molecule has 1 spiro atoms. The lowest BCUT2D eigenvalue weighted by Gasteiger charge is -2.39. The van der Waals surface area contributed by atoms with Crippen LogP contribution in [0.3, 0.4) is 0 Å². The Bertz CT molecular complexity index is 1220. The van der Waals surface area contributed by atoms with E-state index in [1.165, 1.54) is 0 Å². The molecular formula is C35H49N3O7. The van der Waals surface area contributed by atoms with Crippen molar-refractivity contribution in [3.05, 3.63) is 61.2 Å². The molecule has 10 heteroatoms. The van der Waals surface area contributed by atoms with Crippen LogP contribution in [0.5, 0.6) is 0 Å². The number of aliphatic hydroxyl groups is 1. The molecular weight excluding hydrogens is 574 g/mol. The zero-order valence-corrected chi connectivity index (χ0v) is 26.7. The molecule has 3 heterocycles. The van der Waals surface area contributed by atoms with E-state index in [-0.39, 0.29) is 55.9 Å². The molecule has 3 saturated heterocycles. The average molecular weight is 624 g/mol. The quantitative estimate of drug-likeness (QED) is 0.145. The molecule has 3 aliphatic heterocycles. The van der Waals surface area contributed by atoms with Crippen LogP contribution in [-0.4, -0.2) is 88.7 Å². The van der Waals surface area contributed by atoms with Crippen molar-refractivity contribution in [1.82, 2.24) is 15.1 Å². The van der Waals surface area contributed by atoms with Gasteiger partial charge in [0.25, 0.3) is 0 Å². The number of unbranched alkanes of at least 4 members (excludes halogenated alkanes) is 1. The maximum atomic E-state index is 14.4. The Hall–Kier alpha value is -3.50. The van der Waals surface area contributed by atoms with Crippen molar-refractivity contribution in [3.8, 4) is 0 Å². The number of ether oxygens (including phenoxy) is 2. The number of hydrogen-bond acceptors (Lipinski definition) is 7. The second-order valence-electron chi connectivity index (χ2n) is 12.4. The van der Waals surface area contributed by atoms with Crippen LogP contribution in [-0.2, 0) is 28.7 Å². The predicted octanol–water partition coefficient (Wildman–Crippen LogP) is 3.70. The SMILES string of the molecule is C=CCCC(=O)OC[C@H](NC(=O)[C@@H]1[C@H]2C(=O)N(CCCCO)[C@H](C(=O)N(CC=C)C(C)CCC)[C@]23CC[C@H]1O3)c1ccccc1. The summed E-state index contributed by atoms with van der Waals surface area (Å²) in [4.78, 5) is 58.5. The maximum Gasteiger partial charge on any atom is 0.306 e. The topological polar surface area (TPSA) is 125 Å². The Morgan fingerprint density at radius 2 is 1.98 bits per heavy atom. The number of nitrogens with one attached hydrogen (secondary N) is 1. The number of amides is 3. The Morgan fingerprint density at radius 3 is 2.64 bits per heavy atom. The minimum Gasteiger partial charge on any atom is -0.463 e. The van der Waals surface area contributed by atoms with Crippen LogP contribution in [0, 0.1) is 11.8 Å². The summed E-state index contributed by atoms with van der Waals surface area (Å²) in [6.45, 7) is 12.1. The van der Waals surface area contributed by atoms with Crippen LogP contribution < -0.4 is 5.32 Å². The number of rotatable bonds is 18. The summed E-state index contributed by atoms with van der Waals surface area (Å²) in [7, 11) is 0. The Kier molecular flexibility index (Phi) is 12.0. The van der Waals surface area contributed by atoms with Crippen LogP contribution >= 0.6 is 0 Å². The average Bonchev–Trinajstić information content (AvgIpc) is 3.68. The minimum atomic E-state index is -1.12. The van der Waals surface area contributed by atoms with E-state index in [2.05, 4.69) is 25.4 Å². The molecule has 3 amide bonds. The van der Waals surface area contributed by atoms with Crippen molar-refractivity contribution in [1.29, 1.82) is 0 Å². The number of likely N-dealkylation sites (tertiary alicyclic amines) is 1. The van der Waals surface area contributed by atoms with Crippen LogP contribution in [0.4, 0.5) is 0 Å². The number of carbonyl (C=O) groups is 4. The Morgan fingerprint density at radius 1 is 1.22 bits per heavy atom. The van der Waals surface area contributed by atoms with Crippen LogP contribution in [0.25, 0.3) is 0 Å². The highest BCUT2D eigenvalue weighted by atomic mass is 16.5. The van der Waals surface area contributed by atoms with Gasteiger partial charge in [-0.05, 0) is 51.0 Å². The van der Waals surface area contributed by atoms with Crippen LogP contribution in [0.15, 0.2) is 55.6 Å². The highest BCUT2D eigenvalue weighted by Gasteiger charge is 2.74. The first kappa shape index (κ1) is 34.4. The molecule has 2 bridgehead atoms. The molecule has 246 valence electrons. The second-order valence-corrected chi connectivity index (χ2v) is 12.4. The lowest BCUT2D eigenvalue weighted by molar-refractivity contribution is -0.149. The van der Waals surface area contributed by atoms with E-state index in [1.807, 2.05) is 37.3 Å². The maximum absolute atomic E-state index is 14.4. The first-order valence-corrected chi connectivity index (χ1v) is 16.4. The van der Waals surface area contributed by atoms with Gasteiger partial charge in [-0.2, -0.15) is 0 Å². The van der Waals surface area contributed by atoms with Crippen molar-refractivity contribution in [3.63, 3.8) is 0 Å². The van der Waals surface area contributed by atoms with E-state index < -0.39 is 35.6 Å². The normalized spacial score (nSPS) is 26.2. The summed E-state index contributed by atoms with van der Waals surface area (Å²) in [5, 5.41) is 12.5. The van der Waals surface area contributed by atoms with Gasteiger partial charge in [0.15, 0.2) is 0 Å². The summed E-state index contributed by atoms with van der Waals surface area (Å²) >= 11 is 0. The smallest absolute Gasteiger partial charge is 0.306 e. The summed E-state index contributed by atoms with van der Waals surface area (Å²) in [6, 6.07) is 7.70. The van der Waals surface area contributed by atoms with E-state index in [0.29, 0.717) is 38.6 Å². The molecule has 4 rings (SSSR count). The number of allylic oxidation sites excluding steroid dienone is 1. The highest BCUT2D eigenvalue weighted by Crippen LogP contribution is 2.58. The van der Waals surface area contributed by atoms with Gasteiger partial charge in [0.2, 0.25) is 17.7 Å². The van der Waals surface area contributed by atoms with Crippen LogP contribution in [0.2, 0.25) is 0 Å². The lowest BCUT2D eigenvalue weighted by Crippen LogP contribution is -2.58. The number of esters is 1. The fraction of sp³-hybridized carbons (Fsp3) is 0.600. The summed E-state index contributed by atoms with van der Waals surface area (Å²) in [5.41, 5.74) is -0.354. The van der Waals surface area contributed by atoms with E-state index >= 15 is 0 Å². The van der Waals surface area contributed by atoms with Crippen LogP contribution in [0.1, 0.15) is 76.8 Å². The largest absolute Gasteiger partial charge is 0.463 e. The summed E-state index contributed by atoms with van der Waals surface area (Å²) < 4.78 is 12.1. The lowest BCUT2D eigenvalue weighted by atomic mass is 9.70. The molecule has 0 aromatic heterocycles. The van der Waals surface area contributed by atoms with Crippen molar-refractivity contribution in [2.75, 3.05) is 26.3 Å². The standard InChI is InChI=1S/C35H49N3O7/c1-5-8-17-28(40)44-23-26(25-15-10-9-11-16-25)36-32(41)29-27-18-19-35(45-27)30(29)33(42)38(21-12-13-22-39)31(35)34(43)37(20-7-3)24(4)14-6-2/h5,7,9-11,15-16,24,26-27,29-31,39H,1,3,6,8,12-14,17-23H2,2,4H3,(H,36,41)/t24?,26-,27+,29-,30-,31+,35-/m0/s1. The summed E-state index contributed by atoms with van der Waals surface area (Å²) in [5.74, 6) is -2.82. The molecule has 2 N–H and O–H groups in total. The molecule has 1 aromatic rings. The highest BCUT2D eigenvalue weighted by molar-refractivity contribution is 5.99. The van der Waals surface area contributed by atoms with Crippen molar-refractivity contribution in [2.45, 2.75) is 95.0 Å². The molecule has 0 radical (unpaired) electrons. The van der Waals surface area contributed by atoms with Gasteiger partial charge in [0, 0.05) is 32.2 Å². The fourth-order valence-corrected chi connectivity index (χ4v) is 7.37. The van der Waals surface area contributed by atoms with Gasteiger partial charge in [-0.15, -0.1) is 13.2 Å². The zero-order valence-electron chi connectivity index (χ0n) is 26.7. The Balaban J connectivity index is 1.63. The zero-order chi connectivity index (χ0) is 32.6. The first-order chi connectivity index (χ1) is 21.7.